The Bertz CT molecular complexity index is 559. The standard InChI is InChI=1S/C19H29N3OS/c20-18-15-6-5-14(9-15)17(18)19(23)21-10-13-3-1-7-22(11-13)12-16-4-2-8-24-16/h2,4,8,13-15,17-18H,1,3,5-7,9-12,20H2,(H,21,23). The molecular weight excluding hydrogens is 318 g/mol. The molecule has 0 aromatic carbocycles. The summed E-state index contributed by atoms with van der Waals surface area (Å²) in [7, 11) is 0. The third-order valence-electron chi connectivity index (χ3n) is 6.41. The summed E-state index contributed by atoms with van der Waals surface area (Å²) in [4.78, 5) is 16.6. The number of piperidine rings is 1. The molecule has 0 radical (unpaired) electrons. The third-order valence-corrected chi connectivity index (χ3v) is 7.27. The van der Waals surface area contributed by atoms with E-state index in [0.717, 1.165) is 19.6 Å². The van der Waals surface area contributed by atoms with E-state index < -0.39 is 0 Å². The Labute approximate surface area is 148 Å². The van der Waals surface area contributed by atoms with E-state index in [1.54, 1.807) is 0 Å². The first-order valence-corrected chi connectivity index (χ1v) is 10.4. The van der Waals surface area contributed by atoms with Crippen LogP contribution in [-0.2, 0) is 11.3 Å². The van der Waals surface area contributed by atoms with Crippen LogP contribution >= 0.6 is 11.3 Å². The average molecular weight is 348 g/mol. The molecule has 2 heterocycles. The van der Waals surface area contributed by atoms with Gasteiger partial charge in [0.2, 0.25) is 5.91 Å². The maximum atomic E-state index is 12.6. The van der Waals surface area contributed by atoms with Crippen LogP contribution in [0.1, 0.15) is 37.0 Å². The number of hydrogen-bond acceptors (Lipinski definition) is 4. The number of nitrogens with zero attached hydrogens (tertiary/aromatic N) is 1. The van der Waals surface area contributed by atoms with E-state index in [9.17, 15) is 4.79 Å². The second kappa shape index (κ2) is 7.14. The van der Waals surface area contributed by atoms with Gasteiger partial charge >= 0.3 is 0 Å². The summed E-state index contributed by atoms with van der Waals surface area (Å²) >= 11 is 1.83. The normalized spacial score (nSPS) is 36.1. The van der Waals surface area contributed by atoms with Crippen LogP contribution in [0.5, 0.6) is 0 Å². The van der Waals surface area contributed by atoms with Gasteiger partial charge in [-0.3, -0.25) is 9.69 Å². The fourth-order valence-corrected chi connectivity index (χ4v) is 5.92. The maximum absolute atomic E-state index is 12.6. The molecule has 1 aromatic heterocycles. The molecule has 1 amide bonds. The number of fused-ring (bicyclic) bond motifs is 2. The van der Waals surface area contributed by atoms with Crippen LogP contribution in [0.4, 0.5) is 0 Å². The Kier molecular flexibility index (Phi) is 4.93. The zero-order chi connectivity index (χ0) is 16.5. The van der Waals surface area contributed by atoms with Crippen molar-refractivity contribution in [1.82, 2.24) is 10.2 Å². The van der Waals surface area contributed by atoms with E-state index in [1.807, 2.05) is 11.3 Å². The molecule has 1 saturated heterocycles. The van der Waals surface area contributed by atoms with Gasteiger partial charge in [0.05, 0.1) is 5.92 Å². The highest BCUT2D eigenvalue weighted by Crippen LogP contribution is 2.47. The number of carbonyl (C=O) groups excluding carboxylic acids is 1. The Balaban J connectivity index is 1.25. The summed E-state index contributed by atoms with van der Waals surface area (Å²) in [6.07, 6.45) is 6.07. The molecule has 4 rings (SSSR count). The van der Waals surface area contributed by atoms with Gasteiger partial charge in [0.15, 0.2) is 0 Å². The molecule has 24 heavy (non-hydrogen) atoms. The van der Waals surface area contributed by atoms with Gasteiger partial charge < -0.3 is 11.1 Å². The van der Waals surface area contributed by atoms with Crippen LogP contribution < -0.4 is 11.1 Å². The fraction of sp³-hybridized carbons (Fsp3) is 0.737. The summed E-state index contributed by atoms with van der Waals surface area (Å²) in [5, 5.41) is 5.39. The summed E-state index contributed by atoms with van der Waals surface area (Å²) in [6, 6.07) is 4.44. The first-order chi connectivity index (χ1) is 11.7. The lowest BCUT2D eigenvalue weighted by molar-refractivity contribution is -0.127. The summed E-state index contributed by atoms with van der Waals surface area (Å²) < 4.78 is 0. The average Bonchev–Trinajstić information content (AvgIpc) is 3.30. The minimum absolute atomic E-state index is 0.0783. The fourth-order valence-electron chi connectivity index (χ4n) is 5.17. The van der Waals surface area contributed by atoms with Gasteiger partial charge in [0.25, 0.3) is 0 Å². The summed E-state index contributed by atoms with van der Waals surface area (Å²) in [5.74, 6) is 2.03. The molecule has 4 nitrogen and oxygen atoms in total. The summed E-state index contributed by atoms with van der Waals surface area (Å²) in [6.45, 7) is 4.15. The van der Waals surface area contributed by atoms with Gasteiger partial charge in [-0.15, -0.1) is 11.3 Å². The molecule has 2 aliphatic carbocycles. The first-order valence-electron chi connectivity index (χ1n) is 9.48. The number of nitrogens with two attached hydrogens (primary N) is 1. The molecule has 1 aliphatic heterocycles. The highest BCUT2D eigenvalue weighted by atomic mass is 32.1. The Morgan fingerprint density at radius 3 is 2.96 bits per heavy atom. The predicted molar refractivity (Wildman–Crippen MR) is 97.6 cm³/mol. The number of likely N-dealkylation sites (tertiary alicyclic amines) is 1. The topological polar surface area (TPSA) is 58.4 Å². The number of nitrogens with one attached hydrogen (secondary N) is 1. The minimum atomic E-state index is 0.0783. The molecule has 2 bridgehead atoms. The lowest BCUT2D eigenvalue weighted by Gasteiger charge is -2.33. The molecule has 3 aliphatic rings. The molecule has 5 atom stereocenters. The van der Waals surface area contributed by atoms with E-state index in [-0.39, 0.29) is 17.9 Å². The number of rotatable bonds is 5. The van der Waals surface area contributed by atoms with Gasteiger partial charge in [-0.1, -0.05) is 6.07 Å². The van der Waals surface area contributed by atoms with Crippen molar-refractivity contribution < 1.29 is 4.79 Å². The lowest BCUT2D eigenvalue weighted by atomic mass is 9.84. The minimum Gasteiger partial charge on any atom is -0.355 e. The van der Waals surface area contributed by atoms with E-state index in [0.29, 0.717) is 17.8 Å². The molecule has 0 spiro atoms. The molecule has 1 aromatic rings. The van der Waals surface area contributed by atoms with E-state index in [1.165, 1.54) is 43.5 Å². The van der Waals surface area contributed by atoms with E-state index >= 15 is 0 Å². The van der Waals surface area contributed by atoms with Crippen LogP contribution in [0, 0.1) is 23.7 Å². The van der Waals surface area contributed by atoms with Crippen molar-refractivity contribution in [2.45, 2.75) is 44.7 Å². The monoisotopic (exact) mass is 347 g/mol. The molecule has 2 saturated carbocycles. The predicted octanol–water partition coefficient (Wildman–Crippen LogP) is 2.45. The third kappa shape index (κ3) is 3.39. The zero-order valence-electron chi connectivity index (χ0n) is 14.3. The highest BCUT2D eigenvalue weighted by Gasteiger charge is 2.49. The number of thiophene rings is 1. The molecule has 3 fully saturated rings. The van der Waals surface area contributed by atoms with Crippen molar-refractivity contribution in [3.63, 3.8) is 0 Å². The largest absolute Gasteiger partial charge is 0.355 e. The number of hydrogen-bond donors (Lipinski definition) is 2. The van der Waals surface area contributed by atoms with Crippen LogP contribution in [0.25, 0.3) is 0 Å². The van der Waals surface area contributed by atoms with Crippen molar-refractivity contribution in [3.05, 3.63) is 22.4 Å². The number of amides is 1. The quantitative estimate of drug-likeness (QED) is 0.860. The van der Waals surface area contributed by atoms with Gasteiger partial charge in [0.1, 0.15) is 0 Å². The molecule has 5 heteroatoms. The molecule has 3 N–H and O–H groups in total. The van der Waals surface area contributed by atoms with Crippen LogP contribution in [0.15, 0.2) is 17.5 Å². The second-order valence-electron chi connectivity index (χ2n) is 8.00. The van der Waals surface area contributed by atoms with E-state index in [4.69, 9.17) is 5.73 Å². The van der Waals surface area contributed by atoms with Gasteiger partial charge in [0, 0.05) is 30.6 Å². The number of carbonyl (C=O) groups is 1. The van der Waals surface area contributed by atoms with Crippen molar-refractivity contribution in [2.24, 2.45) is 29.4 Å². The first kappa shape index (κ1) is 16.6. The Morgan fingerprint density at radius 1 is 1.33 bits per heavy atom. The Morgan fingerprint density at radius 2 is 2.21 bits per heavy atom. The smallest absolute Gasteiger partial charge is 0.224 e. The van der Waals surface area contributed by atoms with Crippen LogP contribution in [0.3, 0.4) is 0 Å². The maximum Gasteiger partial charge on any atom is 0.224 e. The molecular formula is C19H29N3OS. The highest BCUT2D eigenvalue weighted by molar-refractivity contribution is 7.09. The molecule has 5 unspecified atom stereocenters. The van der Waals surface area contributed by atoms with Gasteiger partial charge in [-0.05, 0) is 67.8 Å². The lowest BCUT2D eigenvalue weighted by Crippen LogP contribution is -2.47. The van der Waals surface area contributed by atoms with Crippen molar-refractivity contribution >= 4 is 17.2 Å². The van der Waals surface area contributed by atoms with E-state index in [2.05, 4.69) is 27.7 Å². The van der Waals surface area contributed by atoms with Gasteiger partial charge in [-0.2, -0.15) is 0 Å². The van der Waals surface area contributed by atoms with Crippen molar-refractivity contribution in [2.75, 3.05) is 19.6 Å². The van der Waals surface area contributed by atoms with Crippen LogP contribution in [-0.4, -0.2) is 36.5 Å². The van der Waals surface area contributed by atoms with Gasteiger partial charge in [-0.25, -0.2) is 0 Å². The van der Waals surface area contributed by atoms with Crippen molar-refractivity contribution in [3.8, 4) is 0 Å². The molecule has 132 valence electrons. The SMILES string of the molecule is NC1C2CCC(C2)C1C(=O)NCC1CCCN(Cc2cccs2)C1. The van der Waals surface area contributed by atoms with Crippen molar-refractivity contribution in [1.29, 1.82) is 0 Å². The second-order valence-corrected chi connectivity index (χ2v) is 9.04. The van der Waals surface area contributed by atoms with Crippen LogP contribution in [0.2, 0.25) is 0 Å². The summed E-state index contributed by atoms with van der Waals surface area (Å²) in [5.41, 5.74) is 6.30. The zero-order valence-corrected chi connectivity index (χ0v) is 15.1. The Hall–Kier alpha value is -0.910.